The highest BCUT2D eigenvalue weighted by atomic mass is 79.9. The molecule has 5 heteroatoms. The zero-order valence-electron chi connectivity index (χ0n) is 5.54. The Morgan fingerprint density at radius 2 is 2.55 bits per heavy atom. The third-order valence-electron chi connectivity index (χ3n) is 1.03. The molecule has 0 aliphatic heterocycles. The van der Waals surface area contributed by atoms with Crippen LogP contribution in [0.5, 0.6) is 0 Å². The van der Waals surface area contributed by atoms with E-state index in [0.717, 1.165) is 0 Å². The number of halogens is 1. The number of hydrogen-bond acceptors (Lipinski definition) is 3. The van der Waals surface area contributed by atoms with Crippen molar-refractivity contribution in [3.05, 3.63) is 28.9 Å². The van der Waals surface area contributed by atoms with Gasteiger partial charge in [-0.1, -0.05) is 0 Å². The molecule has 58 valence electrons. The molecule has 1 heterocycles. The summed E-state index contributed by atoms with van der Waals surface area (Å²) in [6.45, 7) is 0. The van der Waals surface area contributed by atoms with Crippen LogP contribution in [0.1, 0.15) is 10.6 Å². The molecule has 0 bridgehead atoms. The smallest absolute Gasteiger partial charge is 0.222 e. The quantitative estimate of drug-likeness (QED) is 0.568. The number of aromatic amines is 1. The molecule has 0 atom stereocenters. The van der Waals surface area contributed by atoms with Crippen molar-refractivity contribution in [3.8, 4) is 0 Å². The van der Waals surface area contributed by atoms with Gasteiger partial charge in [0.2, 0.25) is 5.78 Å². The number of carbonyl (C=O) groups is 1. The minimum Gasteiger partial charge on any atom is -0.404 e. The summed E-state index contributed by atoms with van der Waals surface area (Å²) in [5.74, 6) is 0.0387. The summed E-state index contributed by atoms with van der Waals surface area (Å²) in [5.41, 5.74) is 5.02. The fourth-order valence-corrected chi connectivity index (χ4v) is 0.881. The van der Waals surface area contributed by atoms with Crippen molar-refractivity contribution in [1.29, 1.82) is 0 Å². The molecule has 1 aromatic rings. The van der Waals surface area contributed by atoms with Gasteiger partial charge in [0, 0.05) is 6.08 Å². The molecular formula is C6H6BrN3O. The number of H-pyrrole nitrogens is 1. The summed E-state index contributed by atoms with van der Waals surface area (Å²) in [4.78, 5) is 17.5. The summed E-state index contributed by atoms with van der Waals surface area (Å²) in [6, 6.07) is 0. The first-order valence-corrected chi connectivity index (χ1v) is 3.66. The number of allylic oxidation sites excluding steroid dienone is 1. The molecule has 0 aliphatic carbocycles. The molecule has 1 aromatic heterocycles. The zero-order chi connectivity index (χ0) is 8.27. The van der Waals surface area contributed by atoms with Gasteiger partial charge in [-0.05, 0) is 22.1 Å². The monoisotopic (exact) mass is 215 g/mol. The van der Waals surface area contributed by atoms with Crippen molar-refractivity contribution >= 4 is 21.7 Å². The Bertz CT molecular complexity index is 292. The van der Waals surface area contributed by atoms with Crippen molar-refractivity contribution in [1.82, 2.24) is 9.97 Å². The first-order valence-electron chi connectivity index (χ1n) is 2.87. The molecule has 0 saturated carbocycles. The standard InChI is InChI=1S/C6H6BrN3O/c7-5-3-9-6(10-5)4(11)1-2-8/h1-3H,8H2,(H,9,10)/b2-1-. The number of rotatable bonds is 2. The SMILES string of the molecule is N/C=C\C(=O)c1ncc(Br)[nH]1. The van der Waals surface area contributed by atoms with E-state index in [1.807, 2.05) is 0 Å². The Morgan fingerprint density at radius 1 is 1.82 bits per heavy atom. The lowest BCUT2D eigenvalue weighted by atomic mass is 10.4. The summed E-state index contributed by atoms with van der Waals surface area (Å²) in [6.07, 6.45) is 3.93. The highest BCUT2D eigenvalue weighted by Crippen LogP contribution is 2.05. The summed E-state index contributed by atoms with van der Waals surface area (Å²) < 4.78 is 0.672. The van der Waals surface area contributed by atoms with E-state index in [9.17, 15) is 4.79 Å². The summed E-state index contributed by atoms with van der Waals surface area (Å²) >= 11 is 3.13. The lowest BCUT2D eigenvalue weighted by molar-refractivity contribution is 0.103. The Kier molecular flexibility index (Phi) is 2.43. The van der Waals surface area contributed by atoms with Gasteiger partial charge >= 0.3 is 0 Å². The minimum absolute atomic E-state index is 0.238. The molecule has 0 amide bonds. The van der Waals surface area contributed by atoms with Crippen molar-refractivity contribution < 1.29 is 4.79 Å². The summed E-state index contributed by atoms with van der Waals surface area (Å²) in [7, 11) is 0. The third kappa shape index (κ3) is 1.91. The van der Waals surface area contributed by atoms with Crippen molar-refractivity contribution in [2.24, 2.45) is 5.73 Å². The molecule has 11 heavy (non-hydrogen) atoms. The predicted octanol–water partition coefficient (Wildman–Crippen LogP) is 0.827. The first-order chi connectivity index (χ1) is 5.24. The molecular weight excluding hydrogens is 210 g/mol. The predicted molar refractivity (Wildman–Crippen MR) is 43.9 cm³/mol. The van der Waals surface area contributed by atoms with Crippen LogP contribution >= 0.6 is 15.9 Å². The van der Waals surface area contributed by atoms with Gasteiger partial charge in [-0.2, -0.15) is 0 Å². The van der Waals surface area contributed by atoms with Crippen molar-refractivity contribution in [3.63, 3.8) is 0 Å². The number of nitrogens with one attached hydrogen (secondary N) is 1. The normalized spacial score (nSPS) is 10.6. The van der Waals surface area contributed by atoms with Crippen LogP contribution in [-0.4, -0.2) is 15.8 Å². The number of hydrogen-bond donors (Lipinski definition) is 2. The van der Waals surface area contributed by atoms with Crippen LogP contribution < -0.4 is 5.73 Å². The lowest BCUT2D eigenvalue weighted by Crippen LogP contribution is -1.97. The molecule has 0 spiro atoms. The highest BCUT2D eigenvalue weighted by molar-refractivity contribution is 9.10. The molecule has 0 unspecified atom stereocenters. The molecule has 1 rings (SSSR count). The lowest BCUT2D eigenvalue weighted by Gasteiger charge is -1.84. The van der Waals surface area contributed by atoms with Gasteiger partial charge in [0.25, 0.3) is 0 Å². The van der Waals surface area contributed by atoms with Crippen LogP contribution in [-0.2, 0) is 0 Å². The van der Waals surface area contributed by atoms with E-state index in [0.29, 0.717) is 4.60 Å². The van der Waals surface area contributed by atoms with Gasteiger partial charge in [0.1, 0.15) is 4.60 Å². The number of nitrogens with two attached hydrogens (primary N) is 1. The number of ketones is 1. The zero-order valence-corrected chi connectivity index (χ0v) is 7.13. The molecule has 0 aliphatic rings. The van der Waals surface area contributed by atoms with E-state index in [4.69, 9.17) is 5.73 Å². The number of carbonyl (C=O) groups excluding carboxylic acids is 1. The number of imidazole rings is 1. The maximum atomic E-state index is 11.0. The average Bonchev–Trinajstić information content (AvgIpc) is 2.36. The number of aromatic nitrogens is 2. The Labute approximate surface area is 71.6 Å². The fourth-order valence-electron chi connectivity index (χ4n) is 0.590. The van der Waals surface area contributed by atoms with E-state index >= 15 is 0 Å². The van der Waals surface area contributed by atoms with Gasteiger partial charge < -0.3 is 10.7 Å². The van der Waals surface area contributed by atoms with Gasteiger partial charge in [-0.25, -0.2) is 4.98 Å². The van der Waals surface area contributed by atoms with Gasteiger partial charge in [-0.3, -0.25) is 4.79 Å². The van der Waals surface area contributed by atoms with Crippen LogP contribution in [0, 0.1) is 0 Å². The van der Waals surface area contributed by atoms with E-state index in [1.54, 1.807) is 0 Å². The molecule has 0 fully saturated rings. The third-order valence-corrected chi connectivity index (χ3v) is 1.43. The van der Waals surface area contributed by atoms with E-state index in [-0.39, 0.29) is 11.6 Å². The molecule has 3 N–H and O–H groups in total. The fraction of sp³-hybridized carbons (Fsp3) is 0. The molecule has 0 aromatic carbocycles. The van der Waals surface area contributed by atoms with Gasteiger partial charge in [0.15, 0.2) is 5.82 Å². The Hall–Kier alpha value is -1.10. The van der Waals surface area contributed by atoms with E-state index < -0.39 is 0 Å². The second-order valence-corrected chi connectivity index (χ2v) is 2.66. The van der Waals surface area contributed by atoms with Crippen LogP contribution in [0.3, 0.4) is 0 Å². The Balaban J connectivity index is 2.85. The van der Waals surface area contributed by atoms with Gasteiger partial charge in [0.05, 0.1) is 6.20 Å². The van der Waals surface area contributed by atoms with Crippen molar-refractivity contribution in [2.75, 3.05) is 0 Å². The topological polar surface area (TPSA) is 71.8 Å². The first kappa shape index (κ1) is 8.00. The van der Waals surface area contributed by atoms with Crippen LogP contribution in [0.15, 0.2) is 23.1 Å². The van der Waals surface area contributed by atoms with Crippen LogP contribution in [0.25, 0.3) is 0 Å². The maximum absolute atomic E-state index is 11.0. The van der Waals surface area contributed by atoms with Gasteiger partial charge in [-0.15, -0.1) is 0 Å². The Morgan fingerprint density at radius 3 is 3.00 bits per heavy atom. The van der Waals surface area contributed by atoms with E-state index in [1.165, 1.54) is 18.5 Å². The van der Waals surface area contributed by atoms with E-state index in [2.05, 4.69) is 25.9 Å². The largest absolute Gasteiger partial charge is 0.404 e. The second-order valence-electron chi connectivity index (χ2n) is 1.80. The molecule has 0 radical (unpaired) electrons. The van der Waals surface area contributed by atoms with Crippen LogP contribution in [0.2, 0.25) is 0 Å². The van der Waals surface area contributed by atoms with Crippen LogP contribution in [0.4, 0.5) is 0 Å². The summed E-state index contributed by atoms with van der Waals surface area (Å²) in [5, 5.41) is 0. The number of nitrogens with zero attached hydrogens (tertiary/aromatic N) is 1. The minimum atomic E-state index is -0.238. The average molecular weight is 216 g/mol. The van der Waals surface area contributed by atoms with Crippen molar-refractivity contribution in [2.45, 2.75) is 0 Å². The second kappa shape index (κ2) is 3.34. The molecule has 4 nitrogen and oxygen atoms in total. The maximum Gasteiger partial charge on any atom is 0.222 e. The molecule has 0 saturated heterocycles. The highest BCUT2D eigenvalue weighted by Gasteiger charge is 2.04.